The fourth-order valence-electron chi connectivity index (χ4n) is 12.6. The summed E-state index contributed by atoms with van der Waals surface area (Å²) < 4.78 is 0. The van der Waals surface area contributed by atoms with Crippen LogP contribution in [0.3, 0.4) is 0 Å². The molecule has 12 rings (SSSR count). The number of nitrogens with zero attached hydrogens (tertiary/aromatic N) is 2. The zero-order chi connectivity index (χ0) is 40.9. The number of fused-ring (bicyclic) bond motifs is 5. The van der Waals surface area contributed by atoms with Crippen molar-refractivity contribution >= 4 is 34.1 Å². The molecule has 2 heteroatoms. The molecule has 0 aromatic heterocycles. The van der Waals surface area contributed by atoms with Crippen molar-refractivity contribution < 1.29 is 0 Å². The minimum absolute atomic E-state index is 0.114. The zero-order valence-electron chi connectivity index (χ0n) is 35.3. The fourth-order valence-corrected chi connectivity index (χ4v) is 12.6. The van der Waals surface area contributed by atoms with Crippen molar-refractivity contribution in [1.29, 1.82) is 0 Å². The lowest BCUT2D eigenvalue weighted by Crippen LogP contribution is -2.34. The number of anilines is 6. The van der Waals surface area contributed by atoms with Crippen molar-refractivity contribution in [2.75, 3.05) is 9.80 Å². The van der Waals surface area contributed by atoms with Crippen LogP contribution in [0.4, 0.5) is 34.1 Å². The maximum atomic E-state index is 2.61. The minimum Gasteiger partial charge on any atom is -0.310 e. The molecule has 61 heavy (non-hydrogen) atoms. The van der Waals surface area contributed by atoms with E-state index in [9.17, 15) is 0 Å². The first-order valence-electron chi connectivity index (χ1n) is 22.3. The topological polar surface area (TPSA) is 6.48 Å². The fraction of sp³-hybridized carbons (Fsp3) is 0.186. The van der Waals surface area contributed by atoms with E-state index < -0.39 is 0 Å². The maximum absolute atomic E-state index is 2.61. The van der Waals surface area contributed by atoms with Gasteiger partial charge in [0.25, 0.3) is 0 Å². The molecule has 0 radical (unpaired) electrons. The molecule has 8 aromatic carbocycles. The molecule has 1 fully saturated rings. The van der Waals surface area contributed by atoms with E-state index in [2.05, 4.69) is 219 Å². The summed E-state index contributed by atoms with van der Waals surface area (Å²) in [5.74, 6) is 1.07. The second-order valence-corrected chi connectivity index (χ2v) is 18.4. The average molecular weight is 787 g/mol. The molecule has 0 saturated heterocycles. The van der Waals surface area contributed by atoms with E-state index in [0.717, 1.165) is 12.8 Å². The third-order valence-electron chi connectivity index (χ3n) is 15.1. The van der Waals surface area contributed by atoms with Gasteiger partial charge in [-0.25, -0.2) is 0 Å². The third kappa shape index (κ3) is 5.21. The molecule has 2 nitrogen and oxygen atoms in total. The van der Waals surface area contributed by atoms with Gasteiger partial charge in [-0.3, -0.25) is 0 Å². The highest BCUT2D eigenvalue weighted by Gasteiger charge is 2.62. The second kappa shape index (κ2) is 13.7. The lowest BCUT2D eigenvalue weighted by molar-refractivity contribution is 0.350. The van der Waals surface area contributed by atoms with Gasteiger partial charge in [0.2, 0.25) is 0 Å². The summed E-state index contributed by atoms with van der Waals surface area (Å²) in [6.07, 6.45) is 4.73. The first-order chi connectivity index (χ1) is 29.9. The Hall–Kier alpha value is -6.64. The number of para-hydroxylation sites is 3. The molecule has 296 valence electrons. The van der Waals surface area contributed by atoms with Gasteiger partial charge in [-0.05, 0) is 160 Å². The molecule has 3 atom stereocenters. The number of aryl methyl sites for hydroxylation is 1. The van der Waals surface area contributed by atoms with Crippen molar-refractivity contribution in [2.45, 2.75) is 57.3 Å². The quantitative estimate of drug-likeness (QED) is 0.159. The van der Waals surface area contributed by atoms with Gasteiger partial charge in [-0.15, -0.1) is 0 Å². The Morgan fingerprint density at radius 3 is 1.62 bits per heavy atom. The van der Waals surface area contributed by atoms with Gasteiger partial charge in [0.15, 0.2) is 0 Å². The highest BCUT2D eigenvalue weighted by molar-refractivity contribution is 5.95. The van der Waals surface area contributed by atoms with Crippen LogP contribution >= 0.6 is 0 Å². The smallest absolute Gasteiger partial charge is 0.0505 e. The minimum atomic E-state index is -0.164. The van der Waals surface area contributed by atoms with Crippen LogP contribution in [0.25, 0.3) is 22.3 Å². The van der Waals surface area contributed by atoms with E-state index in [1.807, 2.05) is 0 Å². The number of benzene rings is 8. The maximum Gasteiger partial charge on any atom is 0.0505 e. The van der Waals surface area contributed by atoms with Crippen molar-refractivity contribution in [3.8, 4) is 22.3 Å². The lowest BCUT2D eigenvalue weighted by atomic mass is 9.68. The van der Waals surface area contributed by atoms with Gasteiger partial charge in [0, 0.05) is 33.6 Å². The summed E-state index contributed by atoms with van der Waals surface area (Å²) in [4.78, 5) is 5.18. The molecule has 4 aliphatic rings. The number of rotatable bonds is 7. The first kappa shape index (κ1) is 36.2. The molecular weight excluding hydrogens is 737 g/mol. The Kier molecular flexibility index (Phi) is 8.13. The predicted octanol–water partition coefficient (Wildman–Crippen LogP) is 15.3. The van der Waals surface area contributed by atoms with Crippen molar-refractivity contribution in [1.82, 2.24) is 0 Å². The molecule has 0 N–H and O–H groups in total. The standard InChI is InChI=1S/C59H50N2/c1-39-18-13-14-29-52(39)61(46-25-11-6-12-26-46)54-31-16-22-42-37-44-33-32-43-36-41-21-15-30-53(56(41)59(43,44)57(42)54)60(45-23-9-5-10-24-45)47-34-35-49-51(38-47)58(2,3)50-28-17-27-48(55(49)50)40-19-7-4-8-20-40/h4-31,34-35,38,43-44H,32-33,36-37H2,1-3H3. The van der Waals surface area contributed by atoms with E-state index in [0.29, 0.717) is 11.8 Å². The van der Waals surface area contributed by atoms with E-state index in [4.69, 9.17) is 0 Å². The normalized spacial score (nSPS) is 19.7. The van der Waals surface area contributed by atoms with E-state index in [-0.39, 0.29) is 10.8 Å². The van der Waals surface area contributed by atoms with Crippen molar-refractivity contribution in [3.63, 3.8) is 0 Å². The van der Waals surface area contributed by atoms with Gasteiger partial charge in [0.05, 0.1) is 11.4 Å². The molecule has 0 heterocycles. The van der Waals surface area contributed by atoms with E-state index in [1.165, 1.54) is 97.0 Å². The Balaban J connectivity index is 1.08. The summed E-state index contributed by atoms with van der Waals surface area (Å²) in [6.45, 7) is 7.09. The molecule has 1 saturated carbocycles. The molecule has 3 unspecified atom stereocenters. The molecule has 4 aliphatic carbocycles. The van der Waals surface area contributed by atoms with E-state index in [1.54, 1.807) is 11.1 Å². The molecule has 0 amide bonds. The summed E-state index contributed by atoms with van der Waals surface area (Å²) in [5.41, 5.74) is 22.7. The molecule has 1 spiro atoms. The lowest BCUT2D eigenvalue weighted by Gasteiger charge is -2.40. The number of hydrogen-bond acceptors (Lipinski definition) is 2. The van der Waals surface area contributed by atoms with Crippen LogP contribution < -0.4 is 9.80 Å². The van der Waals surface area contributed by atoms with Crippen LogP contribution in [-0.2, 0) is 23.7 Å². The summed E-state index contributed by atoms with van der Waals surface area (Å²) >= 11 is 0. The molecule has 0 bridgehead atoms. The summed E-state index contributed by atoms with van der Waals surface area (Å²) in [6, 6.07) is 70.7. The highest BCUT2D eigenvalue weighted by atomic mass is 15.2. The average Bonchev–Trinajstić information content (AvgIpc) is 3.99. The van der Waals surface area contributed by atoms with Crippen LogP contribution in [0.5, 0.6) is 0 Å². The van der Waals surface area contributed by atoms with Gasteiger partial charge >= 0.3 is 0 Å². The summed E-state index contributed by atoms with van der Waals surface area (Å²) in [5, 5.41) is 0. The Bertz CT molecular complexity index is 2980. The van der Waals surface area contributed by atoms with Crippen LogP contribution in [0.1, 0.15) is 65.6 Å². The Morgan fingerprint density at radius 1 is 0.443 bits per heavy atom. The first-order valence-corrected chi connectivity index (χ1v) is 22.3. The van der Waals surface area contributed by atoms with Crippen LogP contribution in [0.2, 0.25) is 0 Å². The van der Waals surface area contributed by atoms with Crippen molar-refractivity contribution in [3.05, 3.63) is 227 Å². The Morgan fingerprint density at radius 2 is 0.984 bits per heavy atom. The SMILES string of the molecule is Cc1ccccc1N(c1ccccc1)c1cccc2c1C13c4c(cccc4N(c4ccccc4)c4ccc5c(c4)C(C)(C)c4cccc(-c6ccccc6)c4-5)CC1CCC3C2. The van der Waals surface area contributed by atoms with Gasteiger partial charge in [-0.2, -0.15) is 0 Å². The van der Waals surface area contributed by atoms with E-state index >= 15 is 0 Å². The van der Waals surface area contributed by atoms with Gasteiger partial charge in [-0.1, -0.05) is 147 Å². The largest absolute Gasteiger partial charge is 0.310 e. The molecule has 0 aliphatic heterocycles. The highest BCUT2D eigenvalue weighted by Crippen LogP contribution is 2.69. The third-order valence-corrected chi connectivity index (χ3v) is 15.1. The van der Waals surface area contributed by atoms with Crippen LogP contribution in [0.15, 0.2) is 188 Å². The van der Waals surface area contributed by atoms with Gasteiger partial charge in [0.1, 0.15) is 0 Å². The predicted molar refractivity (Wildman–Crippen MR) is 254 cm³/mol. The summed E-state index contributed by atoms with van der Waals surface area (Å²) in [7, 11) is 0. The molecule has 8 aromatic rings. The van der Waals surface area contributed by atoms with Crippen LogP contribution in [-0.4, -0.2) is 0 Å². The second-order valence-electron chi connectivity index (χ2n) is 18.4. The zero-order valence-corrected chi connectivity index (χ0v) is 35.3. The van der Waals surface area contributed by atoms with Crippen molar-refractivity contribution in [2.24, 2.45) is 11.8 Å². The molecular formula is C59H50N2. The monoisotopic (exact) mass is 786 g/mol. The van der Waals surface area contributed by atoms with Crippen LogP contribution in [0, 0.1) is 18.8 Å². The van der Waals surface area contributed by atoms with Gasteiger partial charge < -0.3 is 9.80 Å². The Labute approximate surface area is 360 Å². The number of hydrogen-bond donors (Lipinski definition) is 0.